The number of thioether (sulfide) groups is 1. The van der Waals surface area contributed by atoms with Gasteiger partial charge in [0.2, 0.25) is 0 Å². The van der Waals surface area contributed by atoms with Crippen molar-refractivity contribution in [1.82, 2.24) is 15.0 Å². The van der Waals surface area contributed by atoms with E-state index in [2.05, 4.69) is 44.5 Å². The Morgan fingerprint density at radius 1 is 1.25 bits per heavy atom. The number of fused-ring (bicyclic) bond motifs is 1. The van der Waals surface area contributed by atoms with Crippen molar-refractivity contribution in [2.24, 2.45) is 0 Å². The van der Waals surface area contributed by atoms with Crippen LogP contribution < -0.4 is 5.32 Å². The Morgan fingerprint density at radius 3 is 2.96 bits per heavy atom. The number of rotatable bonds is 4. The fraction of sp³-hybridized carbons (Fsp3) is 0.353. The SMILES string of the molecule is CSc1nc2ncnc(NC3CCOC(c4ccccc4)C3)c2s1. The summed E-state index contributed by atoms with van der Waals surface area (Å²) in [5.41, 5.74) is 2.01. The normalized spacial score (nSPS) is 21.0. The number of nitrogens with one attached hydrogen (secondary N) is 1. The van der Waals surface area contributed by atoms with Crippen LogP contribution in [0.15, 0.2) is 41.0 Å². The zero-order valence-electron chi connectivity index (χ0n) is 13.3. The van der Waals surface area contributed by atoms with Crippen molar-refractivity contribution in [3.63, 3.8) is 0 Å². The second-order valence-corrected chi connectivity index (χ2v) is 7.75. The molecule has 0 bridgehead atoms. The summed E-state index contributed by atoms with van der Waals surface area (Å²) in [4.78, 5) is 13.2. The molecule has 0 amide bonds. The van der Waals surface area contributed by atoms with E-state index in [9.17, 15) is 0 Å². The number of ether oxygens (including phenoxy) is 1. The van der Waals surface area contributed by atoms with E-state index >= 15 is 0 Å². The van der Waals surface area contributed by atoms with Crippen molar-refractivity contribution in [2.75, 3.05) is 18.2 Å². The molecule has 124 valence electrons. The maximum absolute atomic E-state index is 5.96. The minimum Gasteiger partial charge on any atom is -0.373 e. The highest BCUT2D eigenvalue weighted by molar-refractivity contribution is 8.00. The summed E-state index contributed by atoms with van der Waals surface area (Å²) in [6, 6.07) is 10.7. The molecular weight excluding hydrogens is 340 g/mol. The van der Waals surface area contributed by atoms with Crippen molar-refractivity contribution in [1.29, 1.82) is 0 Å². The van der Waals surface area contributed by atoms with Crippen molar-refractivity contribution in [3.8, 4) is 0 Å². The topological polar surface area (TPSA) is 59.9 Å². The molecule has 0 radical (unpaired) electrons. The van der Waals surface area contributed by atoms with Crippen molar-refractivity contribution in [3.05, 3.63) is 42.2 Å². The average Bonchev–Trinajstić information content (AvgIpc) is 3.07. The second kappa shape index (κ2) is 7.04. The minimum atomic E-state index is 0.137. The van der Waals surface area contributed by atoms with Gasteiger partial charge >= 0.3 is 0 Å². The zero-order valence-corrected chi connectivity index (χ0v) is 14.9. The Morgan fingerprint density at radius 2 is 2.12 bits per heavy atom. The maximum Gasteiger partial charge on any atom is 0.176 e. The molecule has 3 aromatic rings. The molecule has 1 fully saturated rings. The van der Waals surface area contributed by atoms with Crippen LogP contribution in [0, 0.1) is 0 Å². The molecule has 1 aromatic carbocycles. The number of thiazole rings is 1. The third kappa shape index (κ3) is 3.24. The minimum absolute atomic E-state index is 0.137. The Balaban J connectivity index is 1.54. The van der Waals surface area contributed by atoms with Gasteiger partial charge in [-0.1, -0.05) is 42.1 Å². The average molecular weight is 358 g/mol. The van der Waals surface area contributed by atoms with Crippen LogP contribution in [0.4, 0.5) is 5.82 Å². The first kappa shape index (κ1) is 15.8. The molecule has 2 unspecified atom stereocenters. The largest absolute Gasteiger partial charge is 0.373 e. The number of nitrogens with zero attached hydrogens (tertiary/aromatic N) is 3. The summed E-state index contributed by atoms with van der Waals surface area (Å²) >= 11 is 3.28. The molecule has 3 heterocycles. The fourth-order valence-corrected chi connectivity index (χ4v) is 4.41. The highest BCUT2D eigenvalue weighted by Crippen LogP contribution is 2.34. The van der Waals surface area contributed by atoms with Gasteiger partial charge in [0.05, 0.1) is 6.10 Å². The number of hydrogen-bond acceptors (Lipinski definition) is 7. The predicted molar refractivity (Wildman–Crippen MR) is 98.8 cm³/mol. The molecule has 0 saturated carbocycles. The van der Waals surface area contributed by atoms with E-state index in [1.807, 2.05) is 12.3 Å². The van der Waals surface area contributed by atoms with Crippen LogP contribution in [0.25, 0.3) is 10.3 Å². The van der Waals surface area contributed by atoms with Gasteiger partial charge in [-0.05, 0) is 24.7 Å². The first-order valence-electron chi connectivity index (χ1n) is 7.92. The lowest BCUT2D eigenvalue weighted by molar-refractivity contribution is 0.00977. The number of hydrogen-bond donors (Lipinski definition) is 1. The number of benzene rings is 1. The van der Waals surface area contributed by atoms with Gasteiger partial charge in [-0.3, -0.25) is 0 Å². The van der Waals surface area contributed by atoms with E-state index in [0.29, 0.717) is 6.04 Å². The molecule has 0 aliphatic carbocycles. The fourth-order valence-electron chi connectivity index (χ4n) is 2.95. The van der Waals surface area contributed by atoms with Crippen LogP contribution >= 0.6 is 23.1 Å². The summed E-state index contributed by atoms with van der Waals surface area (Å²) in [5, 5.41) is 3.59. The molecule has 2 atom stereocenters. The van der Waals surface area contributed by atoms with Crippen LogP contribution in [0.2, 0.25) is 0 Å². The van der Waals surface area contributed by atoms with Gasteiger partial charge in [0.1, 0.15) is 16.8 Å². The van der Waals surface area contributed by atoms with Crippen molar-refractivity contribution >= 4 is 39.3 Å². The zero-order chi connectivity index (χ0) is 16.4. The van der Waals surface area contributed by atoms with Gasteiger partial charge in [-0.2, -0.15) is 0 Å². The molecule has 1 aliphatic heterocycles. The van der Waals surface area contributed by atoms with E-state index in [0.717, 1.165) is 40.0 Å². The lowest BCUT2D eigenvalue weighted by Gasteiger charge is -2.30. The van der Waals surface area contributed by atoms with Gasteiger partial charge in [-0.25, -0.2) is 15.0 Å². The molecule has 4 rings (SSSR count). The molecular formula is C17H18N4OS2. The molecule has 7 heteroatoms. The third-order valence-corrected chi connectivity index (χ3v) is 6.18. The van der Waals surface area contributed by atoms with Gasteiger partial charge in [-0.15, -0.1) is 11.3 Å². The number of aromatic nitrogens is 3. The summed E-state index contributed by atoms with van der Waals surface area (Å²) in [7, 11) is 0. The van der Waals surface area contributed by atoms with Crippen molar-refractivity contribution < 1.29 is 4.74 Å². The van der Waals surface area contributed by atoms with E-state index in [4.69, 9.17) is 4.74 Å². The second-order valence-electron chi connectivity index (χ2n) is 5.69. The number of anilines is 1. The van der Waals surface area contributed by atoms with Crippen LogP contribution in [-0.4, -0.2) is 33.9 Å². The molecule has 1 saturated heterocycles. The van der Waals surface area contributed by atoms with E-state index in [1.54, 1.807) is 29.4 Å². The van der Waals surface area contributed by atoms with Crippen molar-refractivity contribution in [2.45, 2.75) is 29.3 Å². The van der Waals surface area contributed by atoms with Gasteiger partial charge in [0, 0.05) is 12.6 Å². The Labute approximate surface area is 148 Å². The molecule has 1 aliphatic rings. The standard InChI is InChI=1S/C17H18N4OS2/c1-23-17-21-16-14(24-17)15(18-10-19-16)20-12-7-8-22-13(9-12)11-5-3-2-4-6-11/h2-6,10,12-13H,7-9H2,1H3,(H,18,19,20). The first-order chi connectivity index (χ1) is 11.8. The Bertz CT molecular complexity index is 824. The highest BCUT2D eigenvalue weighted by Gasteiger charge is 2.25. The van der Waals surface area contributed by atoms with E-state index in [1.165, 1.54) is 5.56 Å². The van der Waals surface area contributed by atoms with E-state index in [-0.39, 0.29) is 6.10 Å². The molecule has 2 aromatic heterocycles. The molecule has 1 N–H and O–H groups in total. The predicted octanol–water partition coefficient (Wildman–Crippen LogP) is 4.14. The summed E-state index contributed by atoms with van der Waals surface area (Å²) in [6.45, 7) is 0.754. The van der Waals surface area contributed by atoms with Crippen LogP contribution in [0.3, 0.4) is 0 Å². The van der Waals surface area contributed by atoms with Crippen LogP contribution in [0.1, 0.15) is 24.5 Å². The highest BCUT2D eigenvalue weighted by atomic mass is 32.2. The monoisotopic (exact) mass is 358 g/mol. The molecule has 24 heavy (non-hydrogen) atoms. The van der Waals surface area contributed by atoms with Gasteiger partial charge < -0.3 is 10.1 Å². The third-order valence-electron chi connectivity index (χ3n) is 4.14. The van der Waals surface area contributed by atoms with Crippen LogP contribution in [-0.2, 0) is 4.74 Å². The smallest absolute Gasteiger partial charge is 0.176 e. The van der Waals surface area contributed by atoms with Crippen LogP contribution in [0.5, 0.6) is 0 Å². The van der Waals surface area contributed by atoms with Gasteiger partial charge in [0.25, 0.3) is 0 Å². The molecule has 0 spiro atoms. The lowest BCUT2D eigenvalue weighted by Crippen LogP contribution is -2.30. The quantitative estimate of drug-likeness (QED) is 0.707. The summed E-state index contributed by atoms with van der Waals surface area (Å²) < 4.78 is 8.00. The van der Waals surface area contributed by atoms with Gasteiger partial charge in [0.15, 0.2) is 9.99 Å². The first-order valence-corrected chi connectivity index (χ1v) is 9.96. The van der Waals surface area contributed by atoms with E-state index < -0.39 is 0 Å². The Hall–Kier alpha value is -1.70. The summed E-state index contributed by atoms with van der Waals surface area (Å²) in [6.07, 6.45) is 5.66. The summed E-state index contributed by atoms with van der Waals surface area (Å²) in [5.74, 6) is 0.886. The molecule has 5 nitrogen and oxygen atoms in total. The Kier molecular flexibility index (Phi) is 4.64. The maximum atomic E-state index is 5.96. The lowest BCUT2D eigenvalue weighted by atomic mass is 9.97.